The lowest BCUT2D eigenvalue weighted by Crippen LogP contribution is -2.52. The van der Waals surface area contributed by atoms with Crippen molar-refractivity contribution in [3.63, 3.8) is 0 Å². The summed E-state index contributed by atoms with van der Waals surface area (Å²) < 4.78 is 0. The third kappa shape index (κ3) is 4.88. The van der Waals surface area contributed by atoms with Crippen LogP contribution in [0.1, 0.15) is 43.3 Å². The van der Waals surface area contributed by atoms with Crippen LogP contribution in [0.25, 0.3) is 0 Å². The molecule has 1 amide bonds. The summed E-state index contributed by atoms with van der Waals surface area (Å²) in [5.74, 6) is 0.0512. The first-order valence-corrected chi connectivity index (χ1v) is 7.50. The molecular formula is C13H23Cl2N3OS. The SMILES string of the molecule is CCc1nc(CC(=O)NC2(CN)CCCC2)cs1.Cl.Cl. The van der Waals surface area contributed by atoms with E-state index in [9.17, 15) is 4.79 Å². The van der Waals surface area contributed by atoms with Gasteiger partial charge in [-0.1, -0.05) is 19.8 Å². The van der Waals surface area contributed by atoms with E-state index in [0.29, 0.717) is 13.0 Å². The van der Waals surface area contributed by atoms with E-state index in [-0.39, 0.29) is 36.3 Å². The summed E-state index contributed by atoms with van der Waals surface area (Å²) in [5.41, 5.74) is 6.53. The summed E-state index contributed by atoms with van der Waals surface area (Å²) in [6.45, 7) is 2.61. The molecule has 0 unspecified atom stereocenters. The summed E-state index contributed by atoms with van der Waals surface area (Å²) in [6.07, 6.45) is 5.64. The number of nitrogens with two attached hydrogens (primary N) is 1. The van der Waals surface area contributed by atoms with Crippen LogP contribution >= 0.6 is 36.2 Å². The number of amides is 1. The van der Waals surface area contributed by atoms with E-state index in [0.717, 1.165) is 42.8 Å². The molecular weight excluding hydrogens is 317 g/mol. The summed E-state index contributed by atoms with van der Waals surface area (Å²) >= 11 is 1.62. The Morgan fingerprint density at radius 1 is 1.45 bits per heavy atom. The Morgan fingerprint density at radius 2 is 2.10 bits per heavy atom. The largest absolute Gasteiger partial charge is 0.349 e. The van der Waals surface area contributed by atoms with Crippen molar-refractivity contribution >= 4 is 42.1 Å². The predicted molar refractivity (Wildman–Crippen MR) is 88.1 cm³/mol. The second-order valence-corrected chi connectivity index (χ2v) is 5.95. The number of halogens is 2. The molecule has 1 aliphatic carbocycles. The number of nitrogens with one attached hydrogen (secondary N) is 1. The second-order valence-electron chi connectivity index (χ2n) is 5.00. The van der Waals surface area contributed by atoms with Gasteiger partial charge in [0.25, 0.3) is 0 Å². The predicted octanol–water partition coefficient (Wildman–Crippen LogP) is 2.48. The van der Waals surface area contributed by atoms with E-state index >= 15 is 0 Å². The fourth-order valence-electron chi connectivity index (χ4n) is 2.53. The smallest absolute Gasteiger partial charge is 0.226 e. The number of aryl methyl sites for hydroxylation is 1. The Balaban J connectivity index is 0.00000180. The Hall–Kier alpha value is -0.360. The van der Waals surface area contributed by atoms with Crippen molar-refractivity contribution in [2.45, 2.75) is 51.0 Å². The summed E-state index contributed by atoms with van der Waals surface area (Å²) in [5, 5.41) is 6.18. The van der Waals surface area contributed by atoms with Gasteiger partial charge in [0, 0.05) is 11.9 Å². The van der Waals surface area contributed by atoms with Crippen molar-refractivity contribution in [3.05, 3.63) is 16.1 Å². The van der Waals surface area contributed by atoms with Gasteiger partial charge in [-0.05, 0) is 19.3 Å². The number of carbonyl (C=O) groups excluding carboxylic acids is 1. The molecule has 1 fully saturated rings. The van der Waals surface area contributed by atoms with Gasteiger partial charge in [0.2, 0.25) is 5.91 Å². The molecule has 7 heteroatoms. The maximum Gasteiger partial charge on any atom is 0.226 e. The van der Waals surface area contributed by atoms with Gasteiger partial charge in [0.1, 0.15) is 0 Å². The minimum Gasteiger partial charge on any atom is -0.349 e. The average molecular weight is 340 g/mol. The van der Waals surface area contributed by atoms with Crippen LogP contribution in [0.4, 0.5) is 0 Å². The lowest BCUT2D eigenvalue weighted by molar-refractivity contribution is -0.122. The molecule has 0 aliphatic heterocycles. The van der Waals surface area contributed by atoms with Crippen molar-refractivity contribution in [1.29, 1.82) is 0 Å². The minimum absolute atomic E-state index is 0. The average Bonchev–Trinajstić information content (AvgIpc) is 2.99. The first-order valence-electron chi connectivity index (χ1n) is 6.62. The number of carbonyl (C=O) groups is 1. The fraction of sp³-hybridized carbons (Fsp3) is 0.692. The molecule has 20 heavy (non-hydrogen) atoms. The molecule has 0 bridgehead atoms. The normalized spacial score (nSPS) is 16.1. The van der Waals surface area contributed by atoms with Crippen LogP contribution in [-0.2, 0) is 17.6 Å². The van der Waals surface area contributed by atoms with Crippen LogP contribution in [0.3, 0.4) is 0 Å². The van der Waals surface area contributed by atoms with Gasteiger partial charge < -0.3 is 11.1 Å². The van der Waals surface area contributed by atoms with Crippen molar-refractivity contribution in [3.8, 4) is 0 Å². The molecule has 1 aliphatic rings. The quantitative estimate of drug-likeness (QED) is 0.865. The highest BCUT2D eigenvalue weighted by Gasteiger charge is 2.33. The lowest BCUT2D eigenvalue weighted by atomic mass is 9.97. The Labute approximate surface area is 136 Å². The van der Waals surface area contributed by atoms with Gasteiger partial charge >= 0.3 is 0 Å². The lowest BCUT2D eigenvalue weighted by Gasteiger charge is -2.28. The molecule has 3 N–H and O–H groups in total. The molecule has 116 valence electrons. The summed E-state index contributed by atoms with van der Waals surface area (Å²) in [7, 11) is 0. The molecule has 0 atom stereocenters. The van der Waals surface area contributed by atoms with Crippen molar-refractivity contribution in [2.75, 3.05) is 6.54 Å². The van der Waals surface area contributed by atoms with Crippen molar-refractivity contribution in [1.82, 2.24) is 10.3 Å². The zero-order chi connectivity index (χ0) is 13.0. The maximum absolute atomic E-state index is 12.0. The third-order valence-corrected chi connectivity index (χ3v) is 4.64. The highest BCUT2D eigenvalue weighted by atomic mass is 35.5. The Kier molecular flexibility index (Phi) is 8.66. The monoisotopic (exact) mass is 339 g/mol. The van der Waals surface area contributed by atoms with Crippen LogP contribution in [0.15, 0.2) is 5.38 Å². The zero-order valence-electron chi connectivity index (χ0n) is 11.7. The van der Waals surface area contributed by atoms with E-state index in [2.05, 4.69) is 17.2 Å². The van der Waals surface area contributed by atoms with E-state index in [1.165, 1.54) is 0 Å². The first-order chi connectivity index (χ1) is 8.67. The van der Waals surface area contributed by atoms with Crippen LogP contribution in [0, 0.1) is 0 Å². The second kappa shape index (κ2) is 8.82. The van der Waals surface area contributed by atoms with E-state index in [4.69, 9.17) is 5.73 Å². The molecule has 0 saturated heterocycles. The summed E-state index contributed by atoms with van der Waals surface area (Å²) in [4.78, 5) is 16.4. The molecule has 1 saturated carbocycles. The number of hydrogen-bond acceptors (Lipinski definition) is 4. The van der Waals surface area contributed by atoms with Crippen molar-refractivity contribution < 1.29 is 4.79 Å². The molecule has 1 heterocycles. The molecule has 0 radical (unpaired) electrons. The van der Waals surface area contributed by atoms with Gasteiger partial charge in [-0.3, -0.25) is 4.79 Å². The molecule has 0 spiro atoms. The van der Waals surface area contributed by atoms with Crippen LogP contribution in [0.2, 0.25) is 0 Å². The number of aromatic nitrogens is 1. The Morgan fingerprint density at radius 3 is 2.60 bits per heavy atom. The van der Waals surface area contributed by atoms with E-state index in [1.807, 2.05) is 5.38 Å². The van der Waals surface area contributed by atoms with Crippen LogP contribution < -0.4 is 11.1 Å². The topological polar surface area (TPSA) is 68.0 Å². The van der Waals surface area contributed by atoms with Crippen LogP contribution in [0.5, 0.6) is 0 Å². The number of rotatable bonds is 5. The van der Waals surface area contributed by atoms with E-state index < -0.39 is 0 Å². The highest BCUT2D eigenvalue weighted by Crippen LogP contribution is 2.28. The van der Waals surface area contributed by atoms with Gasteiger partial charge in [0.05, 0.1) is 22.7 Å². The molecule has 1 aromatic rings. The van der Waals surface area contributed by atoms with Gasteiger partial charge in [-0.2, -0.15) is 0 Å². The minimum atomic E-state index is -0.152. The van der Waals surface area contributed by atoms with Crippen molar-refractivity contribution in [2.24, 2.45) is 5.73 Å². The van der Waals surface area contributed by atoms with Gasteiger partial charge in [-0.15, -0.1) is 36.2 Å². The van der Waals surface area contributed by atoms with Gasteiger partial charge in [-0.25, -0.2) is 4.98 Å². The van der Waals surface area contributed by atoms with Gasteiger partial charge in [0.15, 0.2) is 0 Å². The highest BCUT2D eigenvalue weighted by molar-refractivity contribution is 7.09. The number of hydrogen-bond donors (Lipinski definition) is 2. The standard InChI is InChI=1S/C13H21N3OS.2ClH/c1-2-12-15-10(8-18-12)7-11(17)16-13(9-14)5-3-4-6-13;;/h8H,2-7,9,14H2,1H3,(H,16,17);2*1H. The number of thiazole rings is 1. The molecule has 1 aromatic heterocycles. The first kappa shape index (κ1) is 19.6. The molecule has 0 aromatic carbocycles. The zero-order valence-corrected chi connectivity index (χ0v) is 14.1. The Bertz CT molecular complexity index is 420. The van der Waals surface area contributed by atoms with Crippen LogP contribution in [-0.4, -0.2) is 23.0 Å². The number of nitrogens with zero attached hydrogens (tertiary/aromatic N) is 1. The maximum atomic E-state index is 12.0. The molecule has 2 rings (SSSR count). The molecule has 4 nitrogen and oxygen atoms in total. The fourth-order valence-corrected chi connectivity index (χ4v) is 3.27. The van der Waals surface area contributed by atoms with E-state index in [1.54, 1.807) is 11.3 Å². The summed E-state index contributed by atoms with van der Waals surface area (Å²) in [6, 6.07) is 0. The third-order valence-electron chi connectivity index (χ3n) is 3.60.